The highest BCUT2D eigenvalue weighted by Gasteiger charge is 2.41. The molecule has 1 unspecified atom stereocenters. The molecule has 3 N–H and O–H groups in total. The quantitative estimate of drug-likeness (QED) is 0.510. The first-order chi connectivity index (χ1) is 16.6. The Bertz CT molecular complexity index is 1070. The Balaban J connectivity index is 1.68. The van der Waals surface area contributed by atoms with Crippen molar-refractivity contribution < 1.29 is 14.6 Å². The number of carbonyl (C=O) groups excluding carboxylic acids is 1. The van der Waals surface area contributed by atoms with Crippen molar-refractivity contribution in [3.8, 4) is 5.75 Å². The highest BCUT2D eigenvalue weighted by molar-refractivity contribution is 6.00. The van der Waals surface area contributed by atoms with Crippen molar-refractivity contribution in [1.29, 1.82) is 0 Å². The molecule has 190 valence electrons. The summed E-state index contributed by atoms with van der Waals surface area (Å²) < 4.78 is 5.59. The summed E-state index contributed by atoms with van der Waals surface area (Å²) in [6, 6.07) is 5.99. The molecule has 9 nitrogen and oxygen atoms in total. The zero-order valence-corrected chi connectivity index (χ0v) is 21.6. The number of aliphatic hydroxyl groups is 1. The van der Waals surface area contributed by atoms with E-state index in [4.69, 9.17) is 9.72 Å². The van der Waals surface area contributed by atoms with Crippen LogP contribution in [0.2, 0.25) is 0 Å². The minimum absolute atomic E-state index is 0.0642. The van der Waals surface area contributed by atoms with Gasteiger partial charge in [-0.3, -0.25) is 10.1 Å². The minimum atomic E-state index is -0.793. The second kappa shape index (κ2) is 9.99. The van der Waals surface area contributed by atoms with E-state index < -0.39 is 11.6 Å². The van der Waals surface area contributed by atoms with Gasteiger partial charge in [-0.15, -0.1) is 0 Å². The van der Waals surface area contributed by atoms with E-state index in [2.05, 4.69) is 20.5 Å². The SMILES string of the molecule is COc1cc(C(O)NC(C)C)ccc1Nc1ncc2c(n1)N(C1CCCC1)CC(C)(C)C(=O)N2C. The summed E-state index contributed by atoms with van der Waals surface area (Å²) in [5.74, 6) is 1.85. The third-order valence-electron chi connectivity index (χ3n) is 6.88. The second-order valence-corrected chi connectivity index (χ2v) is 10.5. The summed E-state index contributed by atoms with van der Waals surface area (Å²) in [4.78, 5) is 26.6. The maximum atomic E-state index is 13.2. The minimum Gasteiger partial charge on any atom is -0.495 e. The molecule has 1 atom stereocenters. The lowest BCUT2D eigenvalue weighted by Crippen LogP contribution is -2.45. The molecule has 1 aliphatic carbocycles. The fraction of sp³-hybridized carbons (Fsp3) is 0.577. The van der Waals surface area contributed by atoms with Gasteiger partial charge in [0.1, 0.15) is 17.7 Å². The van der Waals surface area contributed by atoms with E-state index in [1.807, 2.05) is 39.8 Å². The zero-order valence-electron chi connectivity index (χ0n) is 21.6. The molecule has 0 bridgehead atoms. The number of ether oxygens (including phenoxy) is 1. The fourth-order valence-electron chi connectivity index (χ4n) is 5.04. The molecule has 0 radical (unpaired) electrons. The number of fused-ring (bicyclic) bond motifs is 1. The highest BCUT2D eigenvalue weighted by atomic mass is 16.5. The molecular weight excluding hydrogens is 444 g/mol. The number of rotatable bonds is 7. The number of benzene rings is 1. The number of anilines is 4. The second-order valence-electron chi connectivity index (χ2n) is 10.5. The molecule has 1 fully saturated rings. The van der Waals surface area contributed by atoms with Crippen molar-refractivity contribution in [2.75, 3.05) is 35.8 Å². The maximum absolute atomic E-state index is 13.2. The molecule has 0 spiro atoms. The first-order valence-corrected chi connectivity index (χ1v) is 12.4. The summed E-state index contributed by atoms with van der Waals surface area (Å²) in [5, 5.41) is 16.8. The van der Waals surface area contributed by atoms with Crippen molar-refractivity contribution >= 4 is 29.0 Å². The van der Waals surface area contributed by atoms with Gasteiger partial charge in [0.05, 0.1) is 24.4 Å². The van der Waals surface area contributed by atoms with E-state index in [0.717, 1.165) is 24.3 Å². The number of methoxy groups -OCH3 is 1. The Hall–Kier alpha value is -2.91. The standard InChI is InChI=1S/C26H38N6O3/c1-16(2)28-23(33)17-11-12-19(21(13-17)35-6)29-25-27-14-20-22(30-25)32(18-9-7-8-10-18)15-26(3,4)24(34)31(20)5/h11-14,16,18,23,28,33H,7-10,15H2,1-6H3,(H,27,29,30). The molecule has 1 aliphatic heterocycles. The smallest absolute Gasteiger partial charge is 0.234 e. The van der Waals surface area contributed by atoms with Crippen LogP contribution in [0.5, 0.6) is 5.75 Å². The van der Waals surface area contributed by atoms with Gasteiger partial charge < -0.3 is 25.0 Å². The van der Waals surface area contributed by atoms with Gasteiger partial charge in [0.15, 0.2) is 5.82 Å². The number of hydrogen-bond acceptors (Lipinski definition) is 8. The van der Waals surface area contributed by atoms with Crippen LogP contribution in [0.1, 0.15) is 65.2 Å². The number of nitrogens with zero attached hydrogens (tertiary/aromatic N) is 4. The zero-order chi connectivity index (χ0) is 25.3. The van der Waals surface area contributed by atoms with Crippen molar-refractivity contribution in [3.05, 3.63) is 30.0 Å². The van der Waals surface area contributed by atoms with Gasteiger partial charge in [0.2, 0.25) is 11.9 Å². The Morgan fingerprint density at radius 3 is 2.60 bits per heavy atom. The Morgan fingerprint density at radius 1 is 1.23 bits per heavy atom. The van der Waals surface area contributed by atoms with Gasteiger partial charge in [-0.2, -0.15) is 4.98 Å². The first kappa shape index (κ1) is 25.2. The molecule has 4 rings (SSSR count). The topological polar surface area (TPSA) is 103 Å². The summed E-state index contributed by atoms with van der Waals surface area (Å²) in [5.41, 5.74) is 1.59. The van der Waals surface area contributed by atoms with E-state index >= 15 is 0 Å². The van der Waals surface area contributed by atoms with Crippen LogP contribution in [0.25, 0.3) is 0 Å². The van der Waals surface area contributed by atoms with Crippen molar-refractivity contribution in [1.82, 2.24) is 15.3 Å². The van der Waals surface area contributed by atoms with E-state index in [0.29, 0.717) is 35.5 Å². The molecule has 2 aromatic rings. The molecule has 1 aromatic heterocycles. The molecule has 2 aliphatic rings. The van der Waals surface area contributed by atoms with Gasteiger partial charge in [0, 0.05) is 25.7 Å². The normalized spacial score (nSPS) is 19.0. The predicted molar refractivity (Wildman–Crippen MR) is 138 cm³/mol. The van der Waals surface area contributed by atoms with Crippen LogP contribution in [0.15, 0.2) is 24.4 Å². The molecule has 1 saturated carbocycles. The average molecular weight is 483 g/mol. The largest absolute Gasteiger partial charge is 0.495 e. The van der Waals surface area contributed by atoms with Gasteiger partial charge >= 0.3 is 0 Å². The van der Waals surface area contributed by atoms with Crippen LogP contribution in [-0.4, -0.2) is 53.8 Å². The monoisotopic (exact) mass is 482 g/mol. The van der Waals surface area contributed by atoms with Gasteiger partial charge in [-0.05, 0) is 58.2 Å². The Kier molecular flexibility index (Phi) is 7.19. The number of nitrogens with one attached hydrogen (secondary N) is 2. The van der Waals surface area contributed by atoms with Crippen molar-refractivity contribution in [2.45, 2.75) is 71.7 Å². The lowest BCUT2D eigenvalue weighted by Gasteiger charge is -2.34. The van der Waals surface area contributed by atoms with Crippen LogP contribution >= 0.6 is 0 Å². The molecule has 1 aromatic carbocycles. The van der Waals surface area contributed by atoms with Crippen molar-refractivity contribution in [3.63, 3.8) is 0 Å². The van der Waals surface area contributed by atoms with Crippen LogP contribution in [-0.2, 0) is 4.79 Å². The summed E-state index contributed by atoms with van der Waals surface area (Å²) in [6.45, 7) is 8.57. The average Bonchev–Trinajstić information content (AvgIpc) is 3.34. The van der Waals surface area contributed by atoms with E-state index in [1.54, 1.807) is 31.3 Å². The summed E-state index contributed by atoms with van der Waals surface area (Å²) in [7, 11) is 3.39. The highest BCUT2D eigenvalue weighted by Crippen LogP contribution is 2.40. The summed E-state index contributed by atoms with van der Waals surface area (Å²) in [6.07, 6.45) is 5.52. The molecule has 0 saturated heterocycles. The molecular formula is C26H38N6O3. The van der Waals surface area contributed by atoms with Gasteiger partial charge in [-0.1, -0.05) is 18.9 Å². The lowest BCUT2D eigenvalue weighted by molar-refractivity contribution is -0.125. The maximum Gasteiger partial charge on any atom is 0.234 e. The van der Waals surface area contributed by atoms with E-state index in [9.17, 15) is 9.90 Å². The number of hydrogen-bond donors (Lipinski definition) is 3. The van der Waals surface area contributed by atoms with Gasteiger partial charge in [-0.25, -0.2) is 4.98 Å². The van der Waals surface area contributed by atoms with Crippen LogP contribution in [0.3, 0.4) is 0 Å². The number of carbonyl (C=O) groups is 1. The van der Waals surface area contributed by atoms with Crippen LogP contribution in [0.4, 0.5) is 23.1 Å². The predicted octanol–water partition coefficient (Wildman–Crippen LogP) is 3.97. The van der Waals surface area contributed by atoms with Gasteiger partial charge in [0.25, 0.3) is 0 Å². The van der Waals surface area contributed by atoms with E-state index in [1.165, 1.54) is 12.8 Å². The Labute approximate surface area is 207 Å². The lowest BCUT2D eigenvalue weighted by atomic mass is 9.91. The molecule has 1 amide bonds. The number of amides is 1. The first-order valence-electron chi connectivity index (χ1n) is 12.4. The van der Waals surface area contributed by atoms with E-state index in [-0.39, 0.29) is 11.9 Å². The third kappa shape index (κ3) is 5.21. The van der Waals surface area contributed by atoms with Crippen LogP contribution in [0, 0.1) is 5.41 Å². The third-order valence-corrected chi connectivity index (χ3v) is 6.88. The van der Waals surface area contributed by atoms with Crippen LogP contribution < -0.4 is 25.2 Å². The number of aliphatic hydroxyl groups excluding tert-OH is 1. The summed E-state index contributed by atoms with van der Waals surface area (Å²) >= 11 is 0. The Morgan fingerprint density at radius 2 is 1.94 bits per heavy atom. The molecule has 2 heterocycles. The molecule has 9 heteroatoms. The van der Waals surface area contributed by atoms with Crippen molar-refractivity contribution in [2.24, 2.45) is 5.41 Å². The molecule has 35 heavy (non-hydrogen) atoms. The number of aromatic nitrogens is 2. The fourth-order valence-corrected chi connectivity index (χ4v) is 5.04.